The molecule has 0 aliphatic rings. The summed E-state index contributed by atoms with van der Waals surface area (Å²) in [6.07, 6.45) is 2.02. The van der Waals surface area contributed by atoms with Crippen LogP contribution >= 0.6 is 11.8 Å². The first kappa shape index (κ1) is 13.6. The topological polar surface area (TPSA) is 30.0 Å². The molecule has 0 saturated carbocycles. The highest BCUT2D eigenvalue weighted by atomic mass is 32.2. The van der Waals surface area contributed by atoms with Crippen molar-refractivity contribution in [3.05, 3.63) is 48.2 Å². The molecule has 0 atom stereocenters. The van der Waals surface area contributed by atoms with Gasteiger partial charge in [0.2, 0.25) is 0 Å². The first-order chi connectivity index (χ1) is 8.99. The van der Waals surface area contributed by atoms with E-state index in [9.17, 15) is 18.0 Å². The second kappa shape index (κ2) is 5.44. The number of rotatable bonds is 3. The summed E-state index contributed by atoms with van der Waals surface area (Å²) in [6.45, 7) is 0. The molecule has 0 N–H and O–H groups in total. The minimum absolute atomic E-state index is 0.0317. The van der Waals surface area contributed by atoms with Crippen LogP contribution in [0.15, 0.2) is 47.5 Å². The van der Waals surface area contributed by atoms with Crippen molar-refractivity contribution in [2.45, 2.75) is 10.4 Å². The Morgan fingerprint density at radius 3 is 2.53 bits per heavy atom. The Labute approximate surface area is 111 Å². The Balaban J connectivity index is 2.51. The van der Waals surface area contributed by atoms with E-state index in [2.05, 4.69) is 4.98 Å². The first-order valence-corrected chi connectivity index (χ1v) is 6.07. The van der Waals surface area contributed by atoms with Crippen LogP contribution in [0.25, 0.3) is 11.3 Å². The molecule has 0 radical (unpaired) electrons. The number of carbonyl (C=O) groups is 1. The van der Waals surface area contributed by atoms with Crippen LogP contribution in [0.3, 0.4) is 0 Å². The molecule has 1 aromatic carbocycles. The first-order valence-electron chi connectivity index (χ1n) is 5.26. The molecule has 2 rings (SSSR count). The monoisotopic (exact) mass is 283 g/mol. The fourth-order valence-corrected chi connectivity index (χ4v) is 2.28. The van der Waals surface area contributed by atoms with E-state index in [1.165, 1.54) is 24.4 Å². The summed E-state index contributed by atoms with van der Waals surface area (Å²) in [5.41, 5.74) is -3.42. The Hall–Kier alpha value is -1.82. The summed E-state index contributed by atoms with van der Waals surface area (Å²) in [6, 6.07) is 9.15. The van der Waals surface area contributed by atoms with Gasteiger partial charge in [-0.05, 0) is 30.0 Å². The van der Waals surface area contributed by atoms with E-state index >= 15 is 0 Å². The number of hydrogen-bond donors (Lipinski definition) is 0. The Morgan fingerprint density at radius 2 is 1.95 bits per heavy atom. The highest BCUT2D eigenvalue weighted by molar-refractivity contribution is 8.00. The molecule has 0 spiro atoms. The van der Waals surface area contributed by atoms with Gasteiger partial charge >= 0.3 is 5.51 Å². The van der Waals surface area contributed by atoms with Crippen LogP contribution in [0.1, 0.15) is 10.4 Å². The van der Waals surface area contributed by atoms with Crippen molar-refractivity contribution in [2.75, 3.05) is 0 Å². The van der Waals surface area contributed by atoms with Gasteiger partial charge in [0, 0.05) is 22.2 Å². The number of thioether (sulfide) groups is 1. The van der Waals surface area contributed by atoms with Crippen LogP contribution in [-0.4, -0.2) is 16.8 Å². The minimum atomic E-state index is -4.41. The van der Waals surface area contributed by atoms with Gasteiger partial charge in [-0.15, -0.1) is 0 Å². The second-order valence-corrected chi connectivity index (χ2v) is 4.74. The molecule has 0 bridgehead atoms. The zero-order chi connectivity index (χ0) is 13.9. The Kier molecular flexibility index (Phi) is 3.90. The summed E-state index contributed by atoms with van der Waals surface area (Å²) >= 11 is -0.247. The quantitative estimate of drug-likeness (QED) is 0.625. The average Bonchev–Trinajstić information content (AvgIpc) is 2.38. The van der Waals surface area contributed by atoms with Gasteiger partial charge in [-0.25, -0.2) is 0 Å². The summed E-state index contributed by atoms with van der Waals surface area (Å²) in [5, 5.41) is 0. The lowest BCUT2D eigenvalue weighted by molar-refractivity contribution is -0.0328. The number of halogens is 3. The molecular formula is C13H8F3NOS. The lowest BCUT2D eigenvalue weighted by atomic mass is 10.1. The van der Waals surface area contributed by atoms with Crippen molar-refractivity contribution in [3.63, 3.8) is 0 Å². The van der Waals surface area contributed by atoms with E-state index < -0.39 is 5.51 Å². The van der Waals surface area contributed by atoms with Crippen LogP contribution in [-0.2, 0) is 0 Å². The molecular weight excluding hydrogens is 275 g/mol. The summed E-state index contributed by atoms with van der Waals surface area (Å²) in [7, 11) is 0. The van der Waals surface area contributed by atoms with Crippen molar-refractivity contribution in [1.29, 1.82) is 0 Å². The fraction of sp³-hybridized carbons (Fsp3) is 0.0769. The number of aromatic nitrogens is 1. The molecule has 2 aromatic rings. The third kappa shape index (κ3) is 3.57. The molecule has 0 saturated heterocycles. The summed E-state index contributed by atoms with van der Waals surface area (Å²) < 4.78 is 37.6. The third-order valence-electron chi connectivity index (χ3n) is 2.31. The van der Waals surface area contributed by atoms with Gasteiger partial charge in [-0.3, -0.25) is 9.78 Å². The predicted octanol–water partition coefficient (Wildman–Crippen LogP) is 4.17. The summed E-state index contributed by atoms with van der Waals surface area (Å²) in [4.78, 5) is 14.7. The maximum atomic E-state index is 12.5. The molecule has 1 aromatic heterocycles. The van der Waals surface area contributed by atoms with Crippen molar-refractivity contribution in [1.82, 2.24) is 4.98 Å². The SMILES string of the molecule is O=Cc1ccc(-c2ccccn2)c(SC(F)(F)F)c1. The lowest BCUT2D eigenvalue weighted by Crippen LogP contribution is -2.01. The van der Waals surface area contributed by atoms with Gasteiger partial charge in [0.15, 0.2) is 0 Å². The fourth-order valence-electron chi connectivity index (χ4n) is 1.56. The van der Waals surface area contributed by atoms with Crippen LogP contribution in [0.5, 0.6) is 0 Å². The zero-order valence-corrected chi connectivity index (χ0v) is 10.3. The molecule has 0 amide bonds. The average molecular weight is 283 g/mol. The zero-order valence-electron chi connectivity index (χ0n) is 9.52. The maximum Gasteiger partial charge on any atom is 0.446 e. The van der Waals surface area contributed by atoms with E-state index in [0.717, 1.165) is 0 Å². The van der Waals surface area contributed by atoms with E-state index in [-0.39, 0.29) is 22.2 Å². The molecule has 6 heteroatoms. The van der Waals surface area contributed by atoms with Crippen molar-refractivity contribution in [3.8, 4) is 11.3 Å². The highest BCUT2D eigenvalue weighted by Gasteiger charge is 2.30. The van der Waals surface area contributed by atoms with Crippen molar-refractivity contribution in [2.24, 2.45) is 0 Å². The Morgan fingerprint density at radius 1 is 1.16 bits per heavy atom. The molecule has 0 aliphatic heterocycles. The smallest absolute Gasteiger partial charge is 0.298 e. The number of benzene rings is 1. The number of nitrogens with zero attached hydrogens (tertiary/aromatic N) is 1. The summed E-state index contributed by atoms with van der Waals surface area (Å²) in [5.74, 6) is 0. The van der Waals surface area contributed by atoms with E-state index in [0.29, 0.717) is 17.5 Å². The molecule has 0 aliphatic carbocycles. The van der Waals surface area contributed by atoms with Crippen molar-refractivity contribution < 1.29 is 18.0 Å². The second-order valence-electron chi connectivity index (χ2n) is 3.64. The van der Waals surface area contributed by atoms with Gasteiger partial charge in [0.05, 0.1) is 5.69 Å². The molecule has 19 heavy (non-hydrogen) atoms. The standard InChI is InChI=1S/C13H8F3NOS/c14-13(15,16)19-12-7-9(8-18)4-5-10(12)11-3-1-2-6-17-11/h1-8H. The normalized spacial score (nSPS) is 11.3. The number of hydrogen-bond acceptors (Lipinski definition) is 3. The predicted molar refractivity (Wildman–Crippen MR) is 67.0 cm³/mol. The minimum Gasteiger partial charge on any atom is -0.298 e. The van der Waals surface area contributed by atoms with Crippen LogP contribution in [0.4, 0.5) is 13.2 Å². The van der Waals surface area contributed by atoms with Crippen LogP contribution < -0.4 is 0 Å². The number of carbonyl (C=O) groups excluding carboxylic acids is 1. The maximum absolute atomic E-state index is 12.5. The molecule has 1 heterocycles. The van der Waals surface area contributed by atoms with Crippen LogP contribution in [0, 0.1) is 0 Å². The van der Waals surface area contributed by atoms with E-state index in [1.807, 2.05) is 0 Å². The number of aldehydes is 1. The number of pyridine rings is 1. The van der Waals surface area contributed by atoms with Crippen LogP contribution in [0.2, 0.25) is 0 Å². The molecule has 2 nitrogen and oxygen atoms in total. The van der Waals surface area contributed by atoms with Gasteiger partial charge in [0.1, 0.15) is 6.29 Å². The van der Waals surface area contributed by atoms with E-state index in [4.69, 9.17) is 0 Å². The largest absolute Gasteiger partial charge is 0.446 e. The highest BCUT2D eigenvalue weighted by Crippen LogP contribution is 2.41. The third-order valence-corrected chi connectivity index (χ3v) is 3.10. The van der Waals surface area contributed by atoms with Gasteiger partial charge in [0.25, 0.3) is 0 Å². The van der Waals surface area contributed by atoms with E-state index in [1.54, 1.807) is 18.2 Å². The molecule has 0 fully saturated rings. The Bertz CT molecular complexity index is 584. The lowest BCUT2D eigenvalue weighted by Gasteiger charge is -2.11. The van der Waals surface area contributed by atoms with Crippen molar-refractivity contribution >= 4 is 18.0 Å². The molecule has 0 unspecified atom stereocenters. The van der Waals surface area contributed by atoms with Gasteiger partial charge in [-0.2, -0.15) is 13.2 Å². The van der Waals surface area contributed by atoms with Gasteiger partial charge < -0.3 is 0 Å². The number of alkyl halides is 3. The molecule has 98 valence electrons. The van der Waals surface area contributed by atoms with Gasteiger partial charge in [-0.1, -0.05) is 18.2 Å².